The second-order valence-electron chi connectivity index (χ2n) is 5.41. The van der Waals surface area contributed by atoms with Gasteiger partial charge in [-0.05, 0) is 43.5 Å². The van der Waals surface area contributed by atoms with Crippen molar-refractivity contribution in [2.45, 2.75) is 38.8 Å². The third kappa shape index (κ3) is 2.83. The standard InChI is InChI=1S/C15H20BrNO3/c1-3-12(11-8-10(16)4-5-13(11)18)17-7-6-9(2)14(17)15(19)20/h4-5,8-9,12,14,18H,3,6-7H2,1-2H3,(H,19,20). The molecule has 0 radical (unpaired) electrons. The van der Waals surface area contributed by atoms with Crippen LogP contribution in [0.4, 0.5) is 0 Å². The van der Waals surface area contributed by atoms with E-state index in [1.165, 1.54) is 0 Å². The van der Waals surface area contributed by atoms with E-state index in [4.69, 9.17) is 0 Å². The Hall–Kier alpha value is -1.07. The lowest BCUT2D eigenvalue weighted by molar-refractivity contribution is -0.144. The van der Waals surface area contributed by atoms with E-state index in [1.807, 2.05) is 24.8 Å². The number of halogens is 1. The number of hydrogen-bond acceptors (Lipinski definition) is 3. The van der Waals surface area contributed by atoms with Crippen molar-refractivity contribution in [3.05, 3.63) is 28.2 Å². The van der Waals surface area contributed by atoms with E-state index in [0.717, 1.165) is 29.4 Å². The molecule has 0 spiro atoms. The molecule has 1 aromatic carbocycles. The number of phenolic OH excluding ortho intramolecular Hbond substituents is 1. The Morgan fingerprint density at radius 1 is 1.55 bits per heavy atom. The van der Waals surface area contributed by atoms with E-state index in [2.05, 4.69) is 15.9 Å². The number of aromatic hydroxyl groups is 1. The zero-order chi connectivity index (χ0) is 14.9. The van der Waals surface area contributed by atoms with Gasteiger partial charge in [-0.3, -0.25) is 9.69 Å². The summed E-state index contributed by atoms with van der Waals surface area (Å²) in [4.78, 5) is 13.5. The van der Waals surface area contributed by atoms with Crippen molar-refractivity contribution in [3.63, 3.8) is 0 Å². The molecule has 3 unspecified atom stereocenters. The van der Waals surface area contributed by atoms with Gasteiger partial charge in [0.05, 0.1) is 0 Å². The summed E-state index contributed by atoms with van der Waals surface area (Å²) >= 11 is 3.41. The second kappa shape index (κ2) is 6.14. The van der Waals surface area contributed by atoms with E-state index in [0.29, 0.717) is 0 Å². The molecule has 1 aromatic rings. The maximum absolute atomic E-state index is 11.5. The zero-order valence-electron chi connectivity index (χ0n) is 11.7. The smallest absolute Gasteiger partial charge is 0.321 e. The van der Waals surface area contributed by atoms with Crippen molar-refractivity contribution < 1.29 is 15.0 Å². The summed E-state index contributed by atoms with van der Waals surface area (Å²) in [5, 5.41) is 19.5. The van der Waals surface area contributed by atoms with E-state index < -0.39 is 12.0 Å². The molecule has 0 saturated carbocycles. The topological polar surface area (TPSA) is 60.8 Å². The molecule has 3 atom stereocenters. The molecule has 2 rings (SSSR count). The summed E-state index contributed by atoms with van der Waals surface area (Å²) in [6.07, 6.45) is 1.64. The lowest BCUT2D eigenvalue weighted by atomic mass is 9.98. The predicted octanol–water partition coefficient (Wildman–Crippen LogP) is 3.40. The van der Waals surface area contributed by atoms with Crippen LogP contribution < -0.4 is 0 Å². The number of benzene rings is 1. The number of rotatable bonds is 4. The van der Waals surface area contributed by atoms with E-state index in [-0.39, 0.29) is 17.7 Å². The van der Waals surface area contributed by atoms with Crippen LogP contribution in [-0.2, 0) is 4.79 Å². The summed E-state index contributed by atoms with van der Waals surface area (Å²) < 4.78 is 0.892. The molecule has 0 aliphatic carbocycles. The Morgan fingerprint density at radius 3 is 2.85 bits per heavy atom. The molecule has 1 fully saturated rings. The van der Waals surface area contributed by atoms with Crippen molar-refractivity contribution in [3.8, 4) is 5.75 Å². The molecule has 0 bridgehead atoms. The van der Waals surface area contributed by atoms with Crippen LogP contribution in [0.1, 0.15) is 38.3 Å². The molecular weight excluding hydrogens is 322 g/mol. The monoisotopic (exact) mass is 341 g/mol. The quantitative estimate of drug-likeness (QED) is 0.880. The van der Waals surface area contributed by atoms with Gasteiger partial charge >= 0.3 is 5.97 Å². The van der Waals surface area contributed by atoms with E-state index >= 15 is 0 Å². The number of likely N-dealkylation sites (tertiary alicyclic amines) is 1. The summed E-state index contributed by atoms with van der Waals surface area (Å²) in [5.74, 6) is -0.414. The highest BCUT2D eigenvalue weighted by molar-refractivity contribution is 9.10. The van der Waals surface area contributed by atoms with Crippen LogP contribution in [0.2, 0.25) is 0 Å². The maximum atomic E-state index is 11.5. The Balaban J connectivity index is 2.37. The fraction of sp³-hybridized carbons (Fsp3) is 0.533. The number of carboxylic acids is 1. The molecule has 2 N–H and O–H groups in total. The molecule has 20 heavy (non-hydrogen) atoms. The van der Waals surface area contributed by atoms with Crippen molar-refractivity contribution in [1.82, 2.24) is 4.90 Å². The van der Waals surface area contributed by atoms with Crippen LogP contribution >= 0.6 is 15.9 Å². The Bertz CT molecular complexity index is 506. The largest absolute Gasteiger partial charge is 0.508 e. The lowest BCUT2D eigenvalue weighted by Gasteiger charge is -2.32. The molecular formula is C15H20BrNO3. The molecule has 1 aliphatic heterocycles. The lowest BCUT2D eigenvalue weighted by Crippen LogP contribution is -2.41. The van der Waals surface area contributed by atoms with Crippen molar-refractivity contribution >= 4 is 21.9 Å². The SMILES string of the molecule is CCC(c1cc(Br)ccc1O)N1CCC(C)C1C(=O)O. The number of phenols is 1. The van der Waals surface area contributed by atoms with Gasteiger partial charge in [0.1, 0.15) is 11.8 Å². The molecule has 110 valence electrons. The highest BCUT2D eigenvalue weighted by atomic mass is 79.9. The fourth-order valence-electron chi connectivity index (χ4n) is 3.14. The van der Waals surface area contributed by atoms with Crippen LogP contribution in [-0.4, -0.2) is 33.7 Å². The first kappa shape index (κ1) is 15.3. The molecule has 4 nitrogen and oxygen atoms in total. The van der Waals surface area contributed by atoms with Crippen molar-refractivity contribution in [2.24, 2.45) is 5.92 Å². The minimum Gasteiger partial charge on any atom is -0.508 e. The summed E-state index contributed by atoms with van der Waals surface area (Å²) in [5.41, 5.74) is 0.794. The van der Waals surface area contributed by atoms with Gasteiger partial charge in [-0.2, -0.15) is 0 Å². The third-order valence-electron chi connectivity index (χ3n) is 4.13. The highest BCUT2D eigenvalue weighted by Crippen LogP contribution is 2.38. The van der Waals surface area contributed by atoms with Crippen molar-refractivity contribution in [1.29, 1.82) is 0 Å². The Morgan fingerprint density at radius 2 is 2.25 bits per heavy atom. The van der Waals surface area contributed by atoms with Crippen LogP contribution in [0.3, 0.4) is 0 Å². The minimum atomic E-state index is -0.775. The zero-order valence-corrected chi connectivity index (χ0v) is 13.3. The molecule has 5 heteroatoms. The average Bonchev–Trinajstić information content (AvgIpc) is 2.76. The minimum absolute atomic E-state index is 0.0708. The predicted molar refractivity (Wildman–Crippen MR) is 80.7 cm³/mol. The number of nitrogens with zero attached hydrogens (tertiary/aromatic N) is 1. The molecule has 0 aromatic heterocycles. The molecule has 0 amide bonds. The van der Waals surface area contributed by atoms with Crippen LogP contribution in [0, 0.1) is 5.92 Å². The third-order valence-corrected chi connectivity index (χ3v) is 4.62. The molecule has 1 saturated heterocycles. The Labute approximate surface area is 127 Å². The summed E-state index contributed by atoms with van der Waals surface area (Å²) in [6, 6.07) is 4.77. The fourth-order valence-corrected chi connectivity index (χ4v) is 3.52. The summed E-state index contributed by atoms with van der Waals surface area (Å²) in [7, 11) is 0. The second-order valence-corrected chi connectivity index (χ2v) is 6.33. The number of aliphatic carboxylic acids is 1. The normalized spacial score (nSPS) is 24.8. The van der Waals surface area contributed by atoms with Gasteiger partial charge in [0.15, 0.2) is 0 Å². The number of carbonyl (C=O) groups is 1. The summed E-state index contributed by atoms with van der Waals surface area (Å²) in [6.45, 7) is 4.75. The van der Waals surface area contributed by atoms with Gasteiger partial charge in [0.2, 0.25) is 0 Å². The van der Waals surface area contributed by atoms with Gasteiger partial charge in [-0.15, -0.1) is 0 Å². The number of hydrogen-bond donors (Lipinski definition) is 2. The first-order valence-electron chi connectivity index (χ1n) is 6.92. The van der Waals surface area contributed by atoms with E-state index in [1.54, 1.807) is 12.1 Å². The molecule has 1 aliphatic rings. The van der Waals surface area contributed by atoms with Crippen molar-refractivity contribution in [2.75, 3.05) is 6.54 Å². The maximum Gasteiger partial charge on any atom is 0.321 e. The van der Waals surface area contributed by atoms with Crippen LogP contribution in [0.15, 0.2) is 22.7 Å². The average molecular weight is 342 g/mol. The highest BCUT2D eigenvalue weighted by Gasteiger charge is 2.40. The number of carboxylic acid groups (broad SMARTS) is 1. The van der Waals surface area contributed by atoms with Gasteiger partial charge in [0.25, 0.3) is 0 Å². The van der Waals surface area contributed by atoms with Gasteiger partial charge in [-0.25, -0.2) is 0 Å². The molecule has 1 heterocycles. The van der Waals surface area contributed by atoms with Gasteiger partial charge in [0, 0.05) is 16.1 Å². The van der Waals surface area contributed by atoms with Crippen LogP contribution in [0.5, 0.6) is 5.75 Å². The Kier molecular flexibility index (Phi) is 4.70. The first-order valence-corrected chi connectivity index (χ1v) is 7.72. The van der Waals surface area contributed by atoms with E-state index in [9.17, 15) is 15.0 Å². The van der Waals surface area contributed by atoms with Gasteiger partial charge < -0.3 is 10.2 Å². The first-order chi connectivity index (χ1) is 9.45. The van der Waals surface area contributed by atoms with Gasteiger partial charge in [-0.1, -0.05) is 29.8 Å². The van der Waals surface area contributed by atoms with Crippen LogP contribution in [0.25, 0.3) is 0 Å².